The van der Waals surface area contributed by atoms with Crippen molar-refractivity contribution >= 4 is 28.7 Å². The minimum atomic E-state index is -0.605. The molecule has 0 spiro atoms. The lowest BCUT2D eigenvalue weighted by molar-refractivity contribution is 0.0798. The van der Waals surface area contributed by atoms with Gasteiger partial charge in [-0.05, 0) is 25.8 Å². The Morgan fingerprint density at radius 3 is 2.83 bits per heavy atom. The summed E-state index contributed by atoms with van der Waals surface area (Å²) in [6.07, 6.45) is 8.04. The van der Waals surface area contributed by atoms with E-state index in [2.05, 4.69) is 38.8 Å². The van der Waals surface area contributed by atoms with E-state index in [1.165, 1.54) is 12.3 Å². The second kappa shape index (κ2) is 11.1. The standard InChI is InChI=1S/C25H33N7O3/c1-5-7-9-25(3,15-33)31-22-21-19(29-24(26)30-22)11-16(13-28-21)17-12-20(34)27-14-18(17)23(35)32(4)10-8-6-2/h6,11-14,33H,2,5,7-10,15H2,1,3-4H3,(H,27,34)(H3,26,29,30,31). The highest BCUT2D eigenvalue weighted by molar-refractivity contribution is 6.01. The van der Waals surface area contributed by atoms with Crippen molar-refractivity contribution in [1.29, 1.82) is 0 Å². The highest BCUT2D eigenvalue weighted by Gasteiger charge is 2.25. The Morgan fingerprint density at radius 1 is 1.37 bits per heavy atom. The van der Waals surface area contributed by atoms with Crippen LogP contribution in [0.5, 0.6) is 0 Å². The lowest BCUT2D eigenvalue weighted by Crippen LogP contribution is -2.39. The van der Waals surface area contributed by atoms with E-state index in [0.29, 0.717) is 46.5 Å². The van der Waals surface area contributed by atoms with Crippen LogP contribution < -0.4 is 16.6 Å². The second-order valence-electron chi connectivity index (χ2n) is 8.90. The van der Waals surface area contributed by atoms with Crippen LogP contribution in [-0.2, 0) is 0 Å². The molecule has 3 rings (SSSR count). The quantitative estimate of drug-likeness (QED) is 0.307. The summed E-state index contributed by atoms with van der Waals surface area (Å²) in [6, 6.07) is 3.10. The minimum Gasteiger partial charge on any atom is -0.394 e. The third kappa shape index (κ3) is 6.02. The van der Waals surface area contributed by atoms with Crippen LogP contribution in [0.2, 0.25) is 0 Å². The predicted molar refractivity (Wildman–Crippen MR) is 138 cm³/mol. The highest BCUT2D eigenvalue weighted by atomic mass is 16.3. The summed E-state index contributed by atoms with van der Waals surface area (Å²) in [5.74, 6) is 0.219. The summed E-state index contributed by atoms with van der Waals surface area (Å²) in [4.78, 5) is 42.5. The van der Waals surface area contributed by atoms with Gasteiger partial charge in [0.25, 0.3) is 5.91 Å². The number of H-pyrrole nitrogens is 1. The van der Waals surface area contributed by atoms with Crippen LogP contribution >= 0.6 is 0 Å². The van der Waals surface area contributed by atoms with Gasteiger partial charge in [-0.3, -0.25) is 14.6 Å². The van der Waals surface area contributed by atoms with Gasteiger partial charge in [0.05, 0.1) is 23.2 Å². The lowest BCUT2D eigenvalue weighted by atomic mass is 9.96. The number of aliphatic hydroxyl groups excluding tert-OH is 1. The molecule has 35 heavy (non-hydrogen) atoms. The fraction of sp³-hybridized carbons (Fsp3) is 0.400. The Morgan fingerprint density at radius 2 is 2.14 bits per heavy atom. The van der Waals surface area contributed by atoms with Crippen molar-refractivity contribution < 1.29 is 9.90 Å². The fourth-order valence-corrected chi connectivity index (χ4v) is 3.78. The smallest absolute Gasteiger partial charge is 0.255 e. The molecule has 0 fully saturated rings. The summed E-state index contributed by atoms with van der Waals surface area (Å²) in [6.45, 7) is 8.10. The number of unbranched alkanes of at least 4 members (excludes halogenated alkanes) is 1. The molecule has 1 unspecified atom stereocenters. The molecule has 3 heterocycles. The third-order valence-electron chi connectivity index (χ3n) is 5.89. The Kier molecular flexibility index (Phi) is 8.18. The molecule has 0 aliphatic carbocycles. The number of nitrogens with two attached hydrogens (primary N) is 1. The van der Waals surface area contributed by atoms with E-state index in [-0.39, 0.29) is 24.0 Å². The van der Waals surface area contributed by atoms with Crippen LogP contribution in [0.15, 0.2) is 42.0 Å². The van der Waals surface area contributed by atoms with Gasteiger partial charge in [0.2, 0.25) is 11.5 Å². The van der Waals surface area contributed by atoms with Gasteiger partial charge in [-0.1, -0.05) is 25.8 Å². The molecule has 10 nitrogen and oxygen atoms in total. The number of aromatic nitrogens is 4. The molecule has 0 radical (unpaired) electrons. The summed E-state index contributed by atoms with van der Waals surface area (Å²) >= 11 is 0. The van der Waals surface area contributed by atoms with Crippen LogP contribution in [0.3, 0.4) is 0 Å². The van der Waals surface area contributed by atoms with Gasteiger partial charge in [0.15, 0.2) is 5.82 Å². The Labute approximate surface area is 204 Å². The minimum absolute atomic E-state index is 0.0427. The van der Waals surface area contributed by atoms with Gasteiger partial charge < -0.3 is 26.0 Å². The molecule has 0 saturated carbocycles. The third-order valence-corrected chi connectivity index (χ3v) is 5.89. The van der Waals surface area contributed by atoms with Gasteiger partial charge in [-0.2, -0.15) is 4.98 Å². The number of carbonyl (C=O) groups is 1. The molecule has 5 N–H and O–H groups in total. The molecule has 1 atom stereocenters. The summed E-state index contributed by atoms with van der Waals surface area (Å²) in [7, 11) is 1.70. The first-order valence-electron chi connectivity index (χ1n) is 11.6. The molecule has 0 bridgehead atoms. The lowest BCUT2D eigenvalue weighted by Gasteiger charge is -2.29. The van der Waals surface area contributed by atoms with E-state index in [4.69, 9.17) is 5.73 Å². The number of rotatable bonds is 11. The number of nitrogen functional groups attached to an aromatic ring is 1. The molecule has 186 valence electrons. The fourth-order valence-electron chi connectivity index (χ4n) is 3.78. The monoisotopic (exact) mass is 479 g/mol. The van der Waals surface area contributed by atoms with E-state index in [1.807, 2.05) is 6.92 Å². The largest absolute Gasteiger partial charge is 0.394 e. The number of carbonyl (C=O) groups excluding carboxylic acids is 1. The molecule has 0 aliphatic rings. The van der Waals surface area contributed by atoms with Crippen molar-refractivity contribution in [3.8, 4) is 11.1 Å². The van der Waals surface area contributed by atoms with Gasteiger partial charge >= 0.3 is 0 Å². The first kappa shape index (κ1) is 25.8. The van der Waals surface area contributed by atoms with Crippen molar-refractivity contribution in [2.24, 2.45) is 0 Å². The predicted octanol–water partition coefficient (Wildman–Crippen LogP) is 2.96. The van der Waals surface area contributed by atoms with Crippen molar-refractivity contribution in [2.75, 3.05) is 31.2 Å². The molecule has 0 aromatic carbocycles. The number of nitrogens with zero attached hydrogens (tertiary/aromatic N) is 4. The zero-order chi connectivity index (χ0) is 25.6. The van der Waals surface area contributed by atoms with Crippen LogP contribution in [0, 0.1) is 0 Å². The van der Waals surface area contributed by atoms with Crippen molar-refractivity contribution in [3.05, 3.63) is 53.1 Å². The number of hydrogen-bond donors (Lipinski definition) is 4. The van der Waals surface area contributed by atoms with Crippen LogP contribution in [0.4, 0.5) is 11.8 Å². The van der Waals surface area contributed by atoms with E-state index in [9.17, 15) is 14.7 Å². The van der Waals surface area contributed by atoms with E-state index in [0.717, 1.165) is 19.3 Å². The van der Waals surface area contributed by atoms with Crippen molar-refractivity contribution in [2.45, 2.75) is 45.1 Å². The van der Waals surface area contributed by atoms with Crippen molar-refractivity contribution in [1.82, 2.24) is 24.8 Å². The number of nitrogens with one attached hydrogen (secondary N) is 2. The van der Waals surface area contributed by atoms with Gasteiger partial charge in [0, 0.05) is 43.2 Å². The van der Waals surface area contributed by atoms with Gasteiger partial charge in [-0.15, -0.1) is 6.58 Å². The number of anilines is 2. The number of pyridine rings is 2. The van der Waals surface area contributed by atoms with Crippen LogP contribution in [-0.4, -0.2) is 61.6 Å². The molecule has 3 aromatic rings. The molecule has 0 saturated heterocycles. The second-order valence-corrected chi connectivity index (χ2v) is 8.90. The number of aliphatic hydroxyl groups is 1. The molecule has 3 aromatic heterocycles. The number of amides is 1. The van der Waals surface area contributed by atoms with Gasteiger partial charge in [0.1, 0.15) is 5.52 Å². The Hall–Kier alpha value is -3.79. The summed E-state index contributed by atoms with van der Waals surface area (Å²) in [5, 5.41) is 13.3. The van der Waals surface area contributed by atoms with E-state index in [1.54, 1.807) is 30.3 Å². The average Bonchev–Trinajstić information content (AvgIpc) is 2.85. The summed E-state index contributed by atoms with van der Waals surface area (Å²) < 4.78 is 0. The molecule has 1 amide bonds. The number of hydrogen-bond acceptors (Lipinski definition) is 8. The maximum atomic E-state index is 13.1. The Balaban J connectivity index is 2.07. The molecule has 10 heteroatoms. The summed E-state index contributed by atoms with van der Waals surface area (Å²) in [5.41, 5.74) is 7.28. The van der Waals surface area contributed by atoms with E-state index < -0.39 is 5.54 Å². The SMILES string of the molecule is C=CCCN(C)C(=O)c1c[nH]c(=O)cc1-c1cnc2c(NC(C)(CO)CCCC)nc(N)nc2c1. The zero-order valence-corrected chi connectivity index (χ0v) is 20.5. The molecule has 0 aliphatic heterocycles. The zero-order valence-electron chi connectivity index (χ0n) is 20.5. The van der Waals surface area contributed by atoms with E-state index >= 15 is 0 Å². The molecular weight excluding hydrogens is 446 g/mol. The Bertz CT molecular complexity index is 1270. The maximum Gasteiger partial charge on any atom is 0.255 e. The normalized spacial score (nSPS) is 12.8. The van der Waals surface area contributed by atoms with Crippen molar-refractivity contribution in [3.63, 3.8) is 0 Å². The first-order chi connectivity index (χ1) is 16.7. The topological polar surface area (TPSA) is 150 Å². The first-order valence-corrected chi connectivity index (χ1v) is 11.6. The average molecular weight is 480 g/mol. The number of fused-ring (bicyclic) bond motifs is 1. The van der Waals surface area contributed by atoms with Crippen LogP contribution in [0.25, 0.3) is 22.2 Å². The number of aromatic amines is 1. The van der Waals surface area contributed by atoms with Gasteiger partial charge in [-0.25, -0.2) is 4.98 Å². The molecular formula is C25H33N7O3. The highest BCUT2D eigenvalue weighted by Crippen LogP contribution is 2.29. The maximum absolute atomic E-state index is 13.1. The van der Waals surface area contributed by atoms with Crippen LogP contribution in [0.1, 0.15) is 49.9 Å².